The summed E-state index contributed by atoms with van der Waals surface area (Å²) in [6.45, 7) is 0. The molecule has 4 rings (SSSR count). The predicted molar refractivity (Wildman–Crippen MR) is 81.8 cm³/mol. The summed E-state index contributed by atoms with van der Waals surface area (Å²) in [5.41, 5.74) is 5.14. The first-order valence-electron chi connectivity index (χ1n) is 6.55. The van der Waals surface area contributed by atoms with E-state index in [0.29, 0.717) is 0 Å². The molecule has 0 heterocycles. The standard InChI is InChI=1S/C19H13/c1-2-6-15-12-19-13-17-8-4-3-7-16(17)11-18(19)10-9-14(15)5-1/h1-13H. The Labute approximate surface area is 113 Å². The van der Waals surface area contributed by atoms with Crippen LogP contribution in [-0.4, -0.2) is 0 Å². The lowest BCUT2D eigenvalue weighted by Crippen LogP contribution is -1.89. The van der Waals surface area contributed by atoms with Crippen molar-refractivity contribution < 1.29 is 0 Å². The zero-order chi connectivity index (χ0) is 12.7. The van der Waals surface area contributed by atoms with Crippen LogP contribution in [0.1, 0.15) is 22.3 Å². The Morgan fingerprint density at radius 3 is 1.84 bits per heavy atom. The second-order valence-electron chi connectivity index (χ2n) is 4.93. The smallest absolute Gasteiger partial charge is 0.0211 e. The van der Waals surface area contributed by atoms with E-state index in [9.17, 15) is 0 Å². The Bertz CT molecular complexity index is 794. The van der Waals surface area contributed by atoms with Gasteiger partial charge in [0.15, 0.2) is 0 Å². The highest BCUT2D eigenvalue weighted by Crippen LogP contribution is 2.29. The molecule has 0 nitrogen and oxygen atoms in total. The molecule has 1 radical (unpaired) electrons. The van der Waals surface area contributed by atoms with Gasteiger partial charge in [-0.25, -0.2) is 0 Å². The highest BCUT2D eigenvalue weighted by atomic mass is 14.1. The number of benzene rings is 3. The first-order chi connectivity index (χ1) is 9.40. The summed E-state index contributed by atoms with van der Waals surface area (Å²) < 4.78 is 0. The van der Waals surface area contributed by atoms with Crippen molar-refractivity contribution in [3.8, 4) is 0 Å². The van der Waals surface area contributed by atoms with Gasteiger partial charge < -0.3 is 0 Å². The van der Waals surface area contributed by atoms with E-state index in [0.717, 1.165) is 0 Å². The van der Waals surface area contributed by atoms with Crippen molar-refractivity contribution in [3.63, 3.8) is 0 Å². The van der Waals surface area contributed by atoms with Gasteiger partial charge >= 0.3 is 0 Å². The number of hydrogen-bond donors (Lipinski definition) is 0. The minimum absolute atomic E-state index is 1.28. The van der Waals surface area contributed by atoms with Gasteiger partial charge in [0.25, 0.3) is 0 Å². The van der Waals surface area contributed by atoms with Gasteiger partial charge in [0.1, 0.15) is 0 Å². The highest BCUT2D eigenvalue weighted by molar-refractivity contribution is 5.89. The Hall–Kier alpha value is -2.34. The van der Waals surface area contributed by atoms with Crippen molar-refractivity contribution in [3.05, 3.63) is 89.3 Å². The lowest BCUT2D eigenvalue weighted by Gasteiger charge is -2.07. The molecule has 89 valence electrons. The quantitative estimate of drug-likeness (QED) is 0.409. The Kier molecular flexibility index (Phi) is 2.28. The van der Waals surface area contributed by atoms with Crippen molar-refractivity contribution in [1.29, 1.82) is 0 Å². The molecule has 3 aromatic carbocycles. The molecular formula is C19H13. The van der Waals surface area contributed by atoms with Crippen LogP contribution < -0.4 is 0 Å². The first-order valence-corrected chi connectivity index (χ1v) is 6.55. The maximum atomic E-state index is 2.27. The van der Waals surface area contributed by atoms with Crippen molar-refractivity contribution in [1.82, 2.24) is 0 Å². The third-order valence-corrected chi connectivity index (χ3v) is 3.70. The number of fused-ring (bicyclic) bond motifs is 3. The zero-order valence-electron chi connectivity index (χ0n) is 10.5. The van der Waals surface area contributed by atoms with Crippen LogP contribution in [0.4, 0.5) is 0 Å². The Morgan fingerprint density at radius 2 is 1.05 bits per heavy atom. The summed E-state index contributed by atoms with van der Waals surface area (Å²) in [7, 11) is 0. The van der Waals surface area contributed by atoms with Gasteiger partial charge in [-0.1, -0.05) is 60.7 Å². The van der Waals surface area contributed by atoms with Crippen LogP contribution >= 0.6 is 0 Å². The maximum absolute atomic E-state index is 2.27. The van der Waals surface area contributed by atoms with Crippen LogP contribution in [0.3, 0.4) is 0 Å². The van der Waals surface area contributed by atoms with E-state index in [1.807, 2.05) is 0 Å². The molecule has 0 spiro atoms. The van der Waals surface area contributed by atoms with E-state index < -0.39 is 0 Å². The molecule has 0 unspecified atom stereocenters. The molecule has 0 N–H and O–H groups in total. The molecular weight excluding hydrogens is 228 g/mol. The molecule has 0 heteroatoms. The van der Waals surface area contributed by atoms with E-state index in [1.165, 1.54) is 33.0 Å². The third-order valence-electron chi connectivity index (χ3n) is 3.70. The van der Waals surface area contributed by atoms with Crippen LogP contribution in [0, 0.1) is 6.42 Å². The second-order valence-corrected chi connectivity index (χ2v) is 4.93. The van der Waals surface area contributed by atoms with Crippen LogP contribution in [0.2, 0.25) is 0 Å². The van der Waals surface area contributed by atoms with Gasteiger partial charge in [0, 0.05) is 6.42 Å². The monoisotopic (exact) mass is 241 g/mol. The van der Waals surface area contributed by atoms with E-state index >= 15 is 0 Å². The molecule has 0 aromatic heterocycles. The molecule has 0 aliphatic heterocycles. The third kappa shape index (κ3) is 1.77. The summed E-state index contributed by atoms with van der Waals surface area (Å²) >= 11 is 0. The van der Waals surface area contributed by atoms with E-state index in [-0.39, 0.29) is 0 Å². The summed E-state index contributed by atoms with van der Waals surface area (Å²) in [6, 6.07) is 21.6. The average Bonchev–Trinajstić information content (AvgIpc) is 2.63. The Balaban J connectivity index is 1.96. The normalized spacial score (nSPS) is 12.8. The van der Waals surface area contributed by atoms with Crippen LogP contribution in [0.15, 0.2) is 60.7 Å². The summed E-state index contributed by atoms with van der Waals surface area (Å²) in [5, 5.41) is 2.59. The van der Waals surface area contributed by atoms with Gasteiger partial charge in [-0.05, 0) is 45.2 Å². The van der Waals surface area contributed by atoms with Crippen molar-refractivity contribution in [2.24, 2.45) is 0 Å². The molecule has 19 heavy (non-hydrogen) atoms. The lowest BCUT2D eigenvalue weighted by molar-refractivity contribution is 1.43. The van der Waals surface area contributed by atoms with Crippen molar-refractivity contribution in [2.45, 2.75) is 0 Å². The first kappa shape index (κ1) is 10.6. The largest absolute Gasteiger partial charge is 0.0619 e. The van der Waals surface area contributed by atoms with Gasteiger partial charge in [0.2, 0.25) is 0 Å². The molecule has 1 aliphatic carbocycles. The van der Waals surface area contributed by atoms with E-state index in [4.69, 9.17) is 0 Å². The molecule has 0 saturated heterocycles. The zero-order valence-corrected chi connectivity index (χ0v) is 10.5. The summed E-state index contributed by atoms with van der Waals surface area (Å²) in [4.78, 5) is 0. The van der Waals surface area contributed by atoms with E-state index in [2.05, 4.69) is 79.2 Å². The van der Waals surface area contributed by atoms with Gasteiger partial charge in [-0.3, -0.25) is 0 Å². The Morgan fingerprint density at radius 1 is 0.474 bits per heavy atom. The lowest BCUT2D eigenvalue weighted by atomic mass is 9.96. The number of rotatable bonds is 0. The molecule has 0 fully saturated rings. The maximum Gasteiger partial charge on any atom is 0.0211 e. The molecule has 0 amide bonds. The average molecular weight is 241 g/mol. The van der Waals surface area contributed by atoms with Gasteiger partial charge in [-0.2, -0.15) is 0 Å². The van der Waals surface area contributed by atoms with Crippen molar-refractivity contribution in [2.75, 3.05) is 0 Å². The minimum atomic E-state index is 1.28. The fraction of sp³-hybridized carbons (Fsp3) is 0. The van der Waals surface area contributed by atoms with Crippen LogP contribution in [-0.2, 0) is 0 Å². The second kappa shape index (κ2) is 4.10. The SMILES string of the molecule is [CH]1c2ccccc2C=Cc2cc3ccccc3cc21. The molecule has 3 aromatic rings. The van der Waals surface area contributed by atoms with Gasteiger partial charge in [-0.15, -0.1) is 0 Å². The highest BCUT2D eigenvalue weighted by Gasteiger charge is 2.10. The molecule has 0 atom stereocenters. The summed E-state index contributed by atoms with van der Waals surface area (Å²) in [5.74, 6) is 0. The van der Waals surface area contributed by atoms with Gasteiger partial charge in [0.05, 0.1) is 0 Å². The number of hydrogen-bond acceptors (Lipinski definition) is 0. The van der Waals surface area contributed by atoms with Crippen LogP contribution in [0.25, 0.3) is 22.9 Å². The van der Waals surface area contributed by atoms with Crippen LogP contribution in [0.5, 0.6) is 0 Å². The predicted octanol–water partition coefficient (Wildman–Crippen LogP) is 4.92. The van der Waals surface area contributed by atoms with E-state index in [1.54, 1.807) is 0 Å². The summed E-state index contributed by atoms with van der Waals surface area (Å²) in [6.07, 6.45) is 6.69. The van der Waals surface area contributed by atoms with Crippen molar-refractivity contribution >= 4 is 22.9 Å². The molecule has 0 bridgehead atoms. The fourth-order valence-corrected chi connectivity index (χ4v) is 2.69. The molecule has 1 aliphatic rings. The molecule has 0 saturated carbocycles. The topological polar surface area (TPSA) is 0 Å². The fourth-order valence-electron chi connectivity index (χ4n) is 2.69. The minimum Gasteiger partial charge on any atom is -0.0619 e.